The van der Waals surface area contributed by atoms with E-state index in [4.69, 9.17) is 21.1 Å². The molecule has 2 heterocycles. The quantitative estimate of drug-likeness (QED) is 0.523. The Labute approximate surface area is 184 Å². The summed E-state index contributed by atoms with van der Waals surface area (Å²) >= 11 is 5.79. The molecule has 0 aliphatic carbocycles. The zero-order chi connectivity index (χ0) is 22.6. The Balaban J connectivity index is 1.92. The zero-order valence-corrected chi connectivity index (χ0v) is 18.5. The van der Waals surface area contributed by atoms with Crippen LogP contribution in [0.1, 0.15) is 16.7 Å². The molecule has 0 unspecified atom stereocenters. The molecule has 0 bridgehead atoms. The third kappa shape index (κ3) is 5.40. The van der Waals surface area contributed by atoms with Crippen LogP contribution in [0.15, 0.2) is 42.9 Å². The van der Waals surface area contributed by atoms with Gasteiger partial charge in [0.2, 0.25) is 0 Å². The van der Waals surface area contributed by atoms with Crippen molar-refractivity contribution >= 4 is 27.6 Å². The van der Waals surface area contributed by atoms with Crippen molar-refractivity contribution in [2.24, 2.45) is 0 Å². The number of halogens is 2. The maximum atomic E-state index is 14.1. The second-order valence-corrected chi connectivity index (χ2v) is 8.49. The van der Waals surface area contributed by atoms with Crippen LogP contribution in [0.25, 0.3) is 0 Å². The van der Waals surface area contributed by atoms with Gasteiger partial charge in [0.05, 0.1) is 13.3 Å². The maximum Gasteiger partial charge on any atom is 0.300 e. The number of anilines is 1. The van der Waals surface area contributed by atoms with Crippen molar-refractivity contribution in [3.8, 4) is 17.2 Å². The third-order valence-corrected chi connectivity index (χ3v) is 5.69. The predicted octanol–water partition coefficient (Wildman–Crippen LogP) is 3.85. The minimum absolute atomic E-state index is 0.0247. The van der Waals surface area contributed by atoms with Crippen LogP contribution in [0.5, 0.6) is 17.2 Å². The molecule has 2 N–H and O–H groups in total. The van der Waals surface area contributed by atoms with E-state index in [9.17, 15) is 12.8 Å². The number of nitrogens with one attached hydrogen (secondary N) is 2. The van der Waals surface area contributed by atoms with Gasteiger partial charge in [-0.2, -0.15) is 8.42 Å². The number of nitrogens with zero attached hydrogens (tertiary/aromatic N) is 2. The largest absolute Gasteiger partial charge is 0.493 e. The first-order chi connectivity index (χ1) is 14.7. The van der Waals surface area contributed by atoms with E-state index in [1.807, 2.05) is 6.92 Å². The van der Waals surface area contributed by atoms with Crippen LogP contribution >= 0.6 is 11.6 Å². The predicted molar refractivity (Wildman–Crippen MR) is 116 cm³/mol. The lowest BCUT2D eigenvalue weighted by molar-refractivity contribution is 0.411. The Kier molecular flexibility index (Phi) is 6.94. The average molecular weight is 467 g/mol. The molecule has 0 spiro atoms. The van der Waals surface area contributed by atoms with Gasteiger partial charge in [-0.15, -0.1) is 0 Å². The molecule has 0 aliphatic rings. The molecular weight excluding hydrogens is 447 g/mol. The van der Waals surface area contributed by atoms with E-state index < -0.39 is 16.0 Å². The molecule has 0 amide bonds. The van der Waals surface area contributed by atoms with Crippen molar-refractivity contribution in [1.29, 1.82) is 0 Å². The van der Waals surface area contributed by atoms with Gasteiger partial charge in [0.1, 0.15) is 5.75 Å². The first-order valence-electron chi connectivity index (χ1n) is 9.03. The van der Waals surface area contributed by atoms with Crippen LogP contribution < -0.4 is 18.9 Å². The van der Waals surface area contributed by atoms with Gasteiger partial charge in [-0.1, -0.05) is 11.6 Å². The monoisotopic (exact) mass is 466 g/mol. The topological polar surface area (TPSA) is 102 Å². The minimum Gasteiger partial charge on any atom is -0.493 e. The van der Waals surface area contributed by atoms with Gasteiger partial charge >= 0.3 is 0 Å². The molecule has 0 atom stereocenters. The normalized spacial score (nSPS) is 11.3. The van der Waals surface area contributed by atoms with Crippen molar-refractivity contribution < 1.29 is 22.3 Å². The number of hydrogen-bond acceptors (Lipinski definition) is 6. The Morgan fingerprint density at radius 2 is 1.94 bits per heavy atom. The molecule has 0 fully saturated rings. The lowest BCUT2D eigenvalue weighted by atomic mass is 10.0. The summed E-state index contributed by atoms with van der Waals surface area (Å²) < 4.78 is 53.4. The van der Waals surface area contributed by atoms with Crippen LogP contribution in [0.4, 0.5) is 10.2 Å². The number of rotatable bonds is 8. The Bertz CT molecular complexity index is 1210. The Hall–Kier alpha value is -2.95. The van der Waals surface area contributed by atoms with E-state index in [0.717, 1.165) is 11.1 Å². The van der Waals surface area contributed by atoms with Crippen LogP contribution in [-0.4, -0.2) is 32.5 Å². The molecule has 1 aromatic carbocycles. The highest BCUT2D eigenvalue weighted by Crippen LogP contribution is 2.33. The van der Waals surface area contributed by atoms with Crippen LogP contribution in [-0.2, 0) is 16.6 Å². The molecular formula is C20H20ClFN4O4S. The first kappa shape index (κ1) is 22.7. The molecule has 31 heavy (non-hydrogen) atoms. The van der Waals surface area contributed by atoms with Gasteiger partial charge in [0.25, 0.3) is 10.2 Å². The fraction of sp³-hybridized carbons (Fsp3) is 0.200. The number of pyridine rings is 2. The molecule has 0 aliphatic heterocycles. The summed E-state index contributed by atoms with van der Waals surface area (Å²) in [6.45, 7) is 1.82. The van der Waals surface area contributed by atoms with Crippen molar-refractivity contribution in [2.75, 3.05) is 18.9 Å². The van der Waals surface area contributed by atoms with Gasteiger partial charge < -0.3 is 9.47 Å². The van der Waals surface area contributed by atoms with Gasteiger partial charge in [0, 0.05) is 36.4 Å². The smallest absolute Gasteiger partial charge is 0.300 e. The summed E-state index contributed by atoms with van der Waals surface area (Å²) in [6.07, 6.45) is 4.96. The van der Waals surface area contributed by atoms with E-state index in [0.29, 0.717) is 17.7 Å². The molecule has 8 nitrogen and oxygen atoms in total. The van der Waals surface area contributed by atoms with Crippen molar-refractivity contribution in [3.05, 3.63) is 70.4 Å². The highest BCUT2D eigenvalue weighted by atomic mass is 35.5. The third-order valence-electron chi connectivity index (χ3n) is 4.46. The van der Waals surface area contributed by atoms with E-state index in [-0.39, 0.29) is 22.3 Å². The van der Waals surface area contributed by atoms with Crippen LogP contribution in [0.3, 0.4) is 0 Å². The SMILES string of the molecule is CNS(=O)(=O)Nc1nccc(Cc2cncc(Oc3ccc(Cl)cc3F)c2C)c1OC. The summed E-state index contributed by atoms with van der Waals surface area (Å²) in [6, 6.07) is 5.85. The molecule has 2 aromatic heterocycles. The molecule has 0 radical (unpaired) electrons. The number of hydrogen-bond donors (Lipinski definition) is 2. The summed E-state index contributed by atoms with van der Waals surface area (Å²) in [5, 5.41) is 0.267. The second kappa shape index (κ2) is 9.46. The number of methoxy groups -OCH3 is 1. The van der Waals surface area contributed by atoms with Crippen molar-refractivity contribution in [2.45, 2.75) is 13.3 Å². The van der Waals surface area contributed by atoms with Gasteiger partial charge in [-0.05, 0) is 42.3 Å². The summed E-state index contributed by atoms with van der Waals surface area (Å²) in [5.41, 5.74) is 2.19. The van der Waals surface area contributed by atoms with E-state index in [1.54, 1.807) is 12.3 Å². The summed E-state index contributed by atoms with van der Waals surface area (Å²) in [5.74, 6) is 0.139. The highest BCUT2D eigenvalue weighted by Gasteiger charge is 2.18. The molecule has 3 aromatic rings. The number of aromatic nitrogens is 2. The molecule has 0 saturated carbocycles. The second-order valence-electron chi connectivity index (χ2n) is 6.44. The number of ether oxygens (including phenoxy) is 2. The minimum atomic E-state index is -3.77. The highest BCUT2D eigenvalue weighted by molar-refractivity contribution is 7.90. The van der Waals surface area contributed by atoms with Crippen molar-refractivity contribution in [1.82, 2.24) is 14.7 Å². The fourth-order valence-electron chi connectivity index (χ4n) is 2.82. The standard InChI is InChI=1S/C20H20ClFN4O4S/c1-12-14(10-24-11-18(12)30-17-5-4-15(21)9-16(17)22)8-13-6-7-25-20(19(13)29-3)26-31(27,28)23-2/h4-7,9-11,23H,8H2,1-3H3,(H,25,26). The van der Waals surface area contributed by atoms with Crippen LogP contribution in [0, 0.1) is 12.7 Å². The van der Waals surface area contributed by atoms with E-state index >= 15 is 0 Å². The summed E-state index contributed by atoms with van der Waals surface area (Å²) in [7, 11) is -1.07. The van der Waals surface area contributed by atoms with E-state index in [2.05, 4.69) is 19.4 Å². The summed E-state index contributed by atoms with van der Waals surface area (Å²) in [4.78, 5) is 8.23. The Morgan fingerprint density at radius 1 is 1.16 bits per heavy atom. The van der Waals surface area contributed by atoms with Crippen molar-refractivity contribution in [3.63, 3.8) is 0 Å². The van der Waals surface area contributed by atoms with E-state index in [1.165, 1.54) is 44.8 Å². The fourth-order valence-corrected chi connectivity index (χ4v) is 3.48. The molecule has 0 saturated heterocycles. The first-order valence-corrected chi connectivity index (χ1v) is 10.9. The van der Waals surface area contributed by atoms with Gasteiger partial charge in [-0.25, -0.2) is 14.1 Å². The van der Waals surface area contributed by atoms with Gasteiger partial charge in [-0.3, -0.25) is 9.71 Å². The van der Waals surface area contributed by atoms with Crippen LogP contribution in [0.2, 0.25) is 5.02 Å². The maximum absolute atomic E-state index is 14.1. The lowest BCUT2D eigenvalue weighted by Crippen LogP contribution is -2.27. The molecule has 164 valence electrons. The molecule has 3 rings (SSSR count). The molecule has 11 heteroatoms. The number of benzene rings is 1. The van der Waals surface area contributed by atoms with Gasteiger partial charge in [0.15, 0.2) is 23.1 Å². The lowest BCUT2D eigenvalue weighted by Gasteiger charge is -2.16. The Morgan fingerprint density at radius 3 is 2.61 bits per heavy atom. The zero-order valence-electron chi connectivity index (χ0n) is 16.9. The average Bonchev–Trinajstić information content (AvgIpc) is 2.73.